The number of carbonyl (C=O) groups is 1. The predicted octanol–water partition coefficient (Wildman–Crippen LogP) is 2.98. The van der Waals surface area contributed by atoms with Gasteiger partial charge in [-0.05, 0) is 24.3 Å². The summed E-state index contributed by atoms with van der Waals surface area (Å²) < 4.78 is 15.6. The molecule has 0 aliphatic carbocycles. The van der Waals surface area contributed by atoms with Crippen molar-refractivity contribution in [1.29, 1.82) is 0 Å². The highest BCUT2D eigenvalue weighted by molar-refractivity contribution is 5.85. The van der Waals surface area contributed by atoms with Gasteiger partial charge in [0.2, 0.25) is 0 Å². The van der Waals surface area contributed by atoms with Crippen molar-refractivity contribution in [3.8, 4) is 11.5 Å². The molecular formula is C16H13NO4. The molecule has 0 atom stereocenters. The molecule has 106 valence electrons. The number of carbonyl (C=O) groups excluding carboxylic acids is 1. The van der Waals surface area contributed by atoms with E-state index in [0.29, 0.717) is 22.8 Å². The van der Waals surface area contributed by atoms with Gasteiger partial charge in [-0.25, -0.2) is 0 Å². The number of methoxy groups -OCH3 is 1. The summed E-state index contributed by atoms with van der Waals surface area (Å²) >= 11 is 0. The molecule has 5 heteroatoms. The molecule has 2 aromatic carbocycles. The minimum Gasteiger partial charge on any atom is -0.493 e. The molecular weight excluding hydrogens is 270 g/mol. The first-order chi connectivity index (χ1) is 10.3. The molecule has 0 spiro atoms. The molecule has 1 aromatic heterocycles. The topological polar surface area (TPSA) is 61.6 Å². The quantitative estimate of drug-likeness (QED) is 0.544. The number of aromatic nitrogens is 1. The first-order valence-corrected chi connectivity index (χ1v) is 6.45. The zero-order valence-electron chi connectivity index (χ0n) is 11.4. The Hall–Kier alpha value is -2.82. The minimum atomic E-state index is -0.418. The molecule has 21 heavy (non-hydrogen) atoms. The Morgan fingerprint density at radius 1 is 1.10 bits per heavy atom. The van der Waals surface area contributed by atoms with E-state index < -0.39 is 5.97 Å². The van der Waals surface area contributed by atoms with E-state index in [2.05, 4.69) is 5.16 Å². The highest BCUT2D eigenvalue weighted by Crippen LogP contribution is 2.26. The van der Waals surface area contributed by atoms with E-state index in [0.717, 1.165) is 5.39 Å². The summed E-state index contributed by atoms with van der Waals surface area (Å²) in [7, 11) is 1.53. The van der Waals surface area contributed by atoms with Gasteiger partial charge in [0.25, 0.3) is 0 Å². The van der Waals surface area contributed by atoms with Crippen LogP contribution in [0, 0.1) is 0 Å². The molecule has 0 N–H and O–H groups in total. The second-order valence-corrected chi connectivity index (χ2v) is 4.43. The number of esters is 1. The molecule has 0 fully saturated rings. The lowest BCUT2D eigenvalue weighted by molar-refractivity contribution is -0.133. The van der Waals surface area contributed by atoms with Gasteiger partial charge in [0.05, 0.1) is 13.5 Å². The normalized spacial score (nSPS) is 10.5. The Balaban J connectivity index is 1.77. The van der Waals surface area contributed by atoms with Crippen molar-refractivity contribution in [3.05, 3.63) is 54.2 Å². The lowest BCUT2D eigenvalue weighted by atomic mass is 10.2. The van der Waals surface area contributed by atoms with Crippen molar-refractivity contribution in [2.24, 2.45) is 0 Å². The second kappa shape index (κ2) is 5.66. The van der Waals surface area contributed by atoms with Crippen molar-refractivity contribution in [2.75, 3.05) is 7.11 Å². The van der Waals surface area contributed by atoms with Gasteiger partial charge in [-0.3, -0.25) is 4.79 Å². The molecule has 0 radical (unpaired) electrons. The monoisotopic (exact) mass is 283 g/mol. The van der Waals surface area contributed by atoms with Gasteiger partial charge in [0.1, 0.15) is 5.69 Å². The number of para-hydroxylation sites is 3. The summed E-state index contributed by atoms with van der Waals surface area (Å²) in [6.45, 7) is 0. The molecule has 1 heterocycles. The van der Waals surface area contributed by atoms with Crippen molar-refractivity contribution in [2.45, 2.75) is 6.42 Å². The standard InChI is InChI=1S/C16H13NO4/c1-19-14-8-4-5-9-15(14)20-16(18)10-12-11-6-2-3-7-13(11)21-17-12/h2-9H,10H2,1H3. The van der Waals surface area contributed by atoms with Crippen LogP contribution in [-0.2, 0) is 11.2 Å². The molecule has 5 nitrogen and oxygen atoms in total. The SMILES string of the molecule is COc1ccccc1OC(=O)Cc1noc2ccccc12. The van der Waals surface area contributed by atoms with Crippen LogP contribution in [0.1, 0.15) is 5.69 Å². The van der Waals surface area contributed by atoms with Crippen LogP contribution in [0.4, 0.5) is 0 Å². The third-order valence-electron chi connectivity index (χ3n) is 3.06. The molecule has 0 saturated heterocycles. The Morgan fingerprint density at radius 2 is 1.81 bits per heavy atom. The number of fused-ring (bicyclic) bond motifs is 1. The van der Waals surface area contributed by atoms with Crippen LogP contribution >= 0.6 is 0 Å². The summed E-state index contributed by atoms with van der Waals surface area (Å²) in [5.74, 6) is 0.479. The summed E-state index contributed by atoms with van der Waals surface area (Å²) in [6.07, 6.45) is 0.0368. The predicted molar refractivity (Wildman–Crippen MR) is 76.3 cm³/mol. The number of hydrogen-bond donors (Lipinski definition) is 0. The third kappa shape index (κ3) is 2.72. The van der Waals surface area contributed by atoms with Gasteiger partial charge >= 0.3 is 5.97 Å². The fraction of sp³-hybridized carbons (Fsp3) is 0.125. The molecule has 0 saturated carbocycles. The summed E-state index contributed by atoms with van der Waals surface area (Å²) in [5.41, 5.74) is 1.21. The van der Waals surface area contributed by atoms with Crippen LogP contribution in [-0.4, -0.2) is 18.2 Å². The van der Waals surface area contributed by atoms with E-state index >= 15 is 0 Å². The number of benzene rings is 2. The molecule has 0 unspecified atom stereocenters. The van der Waals surface area contributed by atoms with E-state index in [1.165, 1.54) is 7.11 Å². The smallest absolute Gasteiger partial charge is 0.317 e. The van der Waals surface area contributed by atoms with Gasteiger partial charge in [-0.15, -0.1) is 0 Å². The van der Waals surface area contributed by atoms with Crippen LogP contribution in [0.25, 0.3) is 11.0 Å². The van der Waals surface area contributed by atoms with Gasteiger partial charge in [0.15, 0.2) is 17.1 Å². The molecule has 3 aromatic rings. The van der Waals surface area contributed by atoms with Gasteiger partial charge in [-0.2, -0.15) is 0 Å². The Kier molecular flexibility index (Phi) is 3.55. The molecule has 0 amide bonds. The molecule has 0 bridgehead atoms. The maximum Gasteiger partial charge on any atom is 0.317 e. The van der Waals surface area contributed by atoms with Gasteiger partial charge in [-0.1, -0.05) is 29.4 Å². The highest BCUT2D eigenvalue weighted by atomic mass is 16.6. The molecule has 3 rings (SSSR count). The average Bonchev–Trinajstić information content (AvgIpc) is 2.91. The summed E-state index contributed by atoms with van der Waals surface area (Å²) in [5, 5.41) is 4.73. The molecule has 0 aliphatic rings. The van der Waals surface area contributed by atoms with Crippen LogP contribution in [0.3, 0.4) is 0 Å². The van der Waals surface area contributed by atoms with Crippen molar-refractivity contribution < 1.29 is 18.8 Å². The zero-order valence-corrected chi connectivity index (χ0v) is 11.4. The van der Waals surface area contributed by atoms with Crippen molar-refractivity contribution in [3.63, 3.8) is 0 Å². The Labute approximate surface area is 121 Å². The highest BCUT2D eigenvalue weighted by Gasteiger charge is 2.15. The summed E-state index contributed by atoms with van der Waals surface area (Å²) in [4.78, 5) is 12.0. The first-order valence-electron chi connectivity index (χ1n) is 6.45. The van der Waals surface area contributed by atoms with E-state index in [1.54, 1.807) is 30.3 Å². The average molecular weight is 283 g/mol. The van der Waals surface area contributed by atoms with Crippen LogP contribution in [0.15, 0.2) is 53.1 Å². The lowest BCUT2D eigenvalue weighted by Crippen LogP contribution is -2.12. The first kappa shape index (κ1) is 13.2. The third-order valence-corrected chi connectivity index (χ3v) is 3.06. The number of hydrogen-bond acceptors (Lipinski definition) is 5. The Bertz CT molecular complexity index is 779. The van der Waals surface area contributed by atoms with Crippen LogP contribution in [0.5, 0.6) is 11.5 Å². The maximum absolute atomic E-state index is 12.0. The lowest BCUT2D eigenvalue weighted by Gasteiger charge is -2.07. The van der Waals surface area contributed by atoms with E-state index in [9.17, 15) is 4.79 Å². The van der Waals surface area contributed by atoms with E-state index in [-0.39, 0.29) is 6.42 Å². The van der Waals surface area contributed by atoms with Gasteiger partial charge < -0.3 is 14.0 Å². The largest absolute Gasteiger partial charge is 0.493 e. The number of ether oxygens (including phenoxy) is 2. The van der Waals surface area contributed by atoms with Gasteiger partial charge in [0, 0.05) is 5.39 Å². The van der Waals surface area contributed by atoms with E-state index in [4.69, 9.17) is 14.0 Å². The van der Waals surface area contributed by atoms with Crippen molar-refractivity contribution in [1.82, 2.24) is 5.16 Å². The number of nitrogens with zero attached hydrogens (tertiary/aromatic N) is 1. The van der Waals surface area contributed by atoms with E-state index in [1.807, 2.05) is 18.2 Å². The van der Waals surface area contributed by atoms with Crippen molar-refractivity contribution >= 4 is 16.9 Å². The zero-order chi connectivity index (χ0) is 14.7. The van der Waals surface area contributed by atoms with Crippen LogP contribution < -0.4 is 9.47 Å². The fourth-order valence-electron chi connectivity index (χ4n) is 2.06. The van der Waals surface area contributed by atoms with Crippen LogP contribution in [0.2, 0.25) is 0 Å². The maximum atomic E-state index is 12.0. The Morgan fingerprint density at radius 3 is 2.62 bits per heavy atom. The number of rotatable bonds is 4. The minimum absolute atomic E-state index is 0.0368. The fourth-order valence-corrected chi connectivity index (χ4v) is 2.06. The second-order valence-electron chi connectivity index (χ2n) is 4.43. The molecule has 0 aliphatic heterocycles. The summed E-state index contributed by atoms with van der Waals surface area (Å²) in [6, 6.07) is 14.4.